The van der Waals surface area contributed by atoms with Gasteiger partial charge in [0.1, 0.15) is 5.78 Å². The molecule has 0 N–H and O–H groups in total. The molecule has 1 saturated heterocycles. The second-order valence-electron chi connectivity index (χ2n) is 6.01. The quantitative estimate of drug-likeness (QED) is 0.717. The van der Waals surface area contributed by atoms with Gasteiger partial charge in [0.15, 0.2) is 0 Å². The van der Waals surface area contributed by atoms with Gasteiger partial charge < -0.3 is 4.90 Å². The highest BCUT2D eigenvalue weighted by Crippen LogP contribution is 2.29. The molecule has 0 radical (unpaired) electrons. The third kappa shape index (κ3) is 3.07. The summed E-state index contributed by atoms with van der Waals surface area (Å²) in [5.74, 6) is 2.55. The number of rotatable bonds is 2. The van der Waals surface area contributed by atoms with Crippen LogP contribution in [0, 0.1) is 17.8 Å². The number of carbonyl (C=O) groups excluding carboxylic acids is 1. The van der Waals surface area contributed by atoms with E-state index in [1.165, 1.54) is 32.2 Å². The molecule has 0 spiro atoms. The first kappa shape index (κ1) is 12.1. The number of nitrogens with zero attached hydrogens (tertiary/aromatic N) is 1. The molecule has 92 valence electrons. The molecule has 16 heavy (non-hydrogen) atoms. The largest absolute Gasteiger partial charge is 0.302 e. The van der Waals surface area contributed by atoms with Crippen LogP contribution in [0.15, 0.2) is 0 Å². The predicted octanol–water partition coefficient (Wildman–Crippen LogP) is 2.72. The Bertz CT molecular complexity index is 251. The summed E-state index contributed by atoms with van der Waals surface area (Å²) in [6.07, 6.45) is 6.42. The van der Waals surface area contributed by atoms with Crippen LogP contribution >= 0.6 is 0 Å². The fraction of sp³-hybridized carbons (Fsp3) is 0.929. The number of likely N-dealkylation sites (tertiary alicyclic amines) is 1. The Morgan fingerprint density at radius 1 is 1.31 bits per heavy atom. The SMILES string of the molecule is CC1CCCC(CN2CCC(=O)C(C)C2)C1. The Labute approximate surface area is 99.4 Å². The Balaban J connectivity index is 1.78. The predicted molar refractivity (Wildman–Crippen MR) is 66.4 cm³/mol. The van der Waals surface area contributed by atoms with Crippen LogP contribution < -0.4 is 0 Å². The molecule has 0 aromatic heterocycles. The molecular weight excluding hydrogens is 198 g/mol. The maximum atomic E-state index is 11.5. The molecule has 2 nitrogen and oxygen atoms in total. The van der Waals surface area contributed by atoms with Crippen LogP contribution in [-0.2, 0) is 4.79 Å². The average Bonchev–Trinajstić information content (AvgIpc) is 2.24. The normalized spacial score (nSPS) is 37.6. The molecule has 3 unspecified atom stereocenters. The lowest BCUT2D eigenvalue weighted by molar-refractivity contribution is -0.125. The zero-order chi connectivity index (χ0) is 11.5. The van der Waals surface area contributed by atoms with Crippen LogP contribution in [0.3, 0.4) is 0 Å². The van der Waals surface area contributed by atoms with E-state index in [9.17, 15) is 4.79 Å². The number of piperidine rings is 1. The molecule has 3 atom stereocenters. The summed E-state index contributed by atoms with van der Waals surface area (Å²) in [5, 5.41) is 0. The zero-order valence-corrected chi connectivity index (χ0v) is 10.7. The number of carbonyl (C=O) groups is 1. The van der Waals surface area contributed by atoms with Crippen molar-refractivity contribution in [3.63, 3.8) is 0 Å². The van der Waals surface area contributed by atoms with E-state index < -0.39 is 0 Å². The van der Waals surface area contributed by atoms with Gasteiger partial charge in [0, 0.05) is 32.0 Å². The van der Waals surface area contributed by atoms with Gasteiger partial charge in [-0.05, 0) is 24.7 Å². The van der Waals surface area contributed by atoms with Crippen LogP contribution in [0.1, 0.15) is 46.0 Å². The van der Waals surface area contributed by atoms with Crippen molar-refractivity contribution in [1.82, 2.24) is 4.90 Å². The van der Waals surface area contributed by atoms with Crippen molar-refractivity contribution < 1.29 is 4.79 Å². The highest BCUT2D eigenvalue weighted by Gasteiger charge is 2.26. The van der Waals surface area contributed by atoms with Gasteiger partial charge in [0.05, 0.1) is 0 Å². The van der Waals surface area contributed by atoms with Gasteiger partial charge in [-0.3, -0.25) is 4.79 Å². The van der Waals surface area contributed by atoms with E-state index in [0.717, 1.165) is 31.3 Å². The highest BCUT2D eigenvalue weighted by atomic mass is 16.1. The van der Waals surface area contributed by atoms with Crippen LogP contribution in [0.4, 0.5) is 0 Å². The third-order valence-corrected chi connectivity index (χ3v) is 4.32. The Morgan fingerprint density at radius 3 is 2.81 bits per heavy atom. The van der Waals surface area contributed by atoms with Crippen LogP contribution in [0.2, 0.25) is 0 Å². The first-order valence-corrected chi connectivity index (χ1v) is 6.90. The summed E-state index contributed by atoms with van der Waals surface area (Å²) in [4.78, 5) is 14.0. The van der Waals surface area contributed by atoms with Gasteiger partial charge in [-0.2, -0.15) is 0 Å². The lowest BCUT2D eigenvalue weighted by Gasteiger charge is -2.35. The van der Waals surface area contributed by atoms with Crippen molar-refractivity contribution >= 4 is 5.78 Å². The van der Waals surface area contributed by atoms with E-state index in [1.807, 2.05) is 0 Å². The van der Waals surface area contributed by atoms with Gasteiger partial charge in [-0.25, -0.2) is 0 Å². The van der Waals surface area contributed by atoms with E-state index in [-0.39, 0.29) is 5.92 Å². The van der Waals surface area contributed by atoms with Gasteiger partial charge in [0.2, 0.25) is 0 Å². The van der Waals surface area contributed by atoms with Crippen molar-refractivity contribution in [2.45, 2.75) is 46.0 Å². The maximum Gasteiger partial charge on any atom is 0.138 e. The topological polar surface area (TPSA) is 20.3 Å². The van der Waals surface area contributed by atoms with Crippen molar-refractivity contribution in [2.24, 2.45) is 17.8 Å². The summed E-state index contributed by atoms with van der Waals surface area (Å²) in [6.45, 7) is 7.71. The van der Waals surface area contributed by atoms with Crippen LogP contribution in [-0.4, -0.2) is 30.3 Å². The molecule has 1 heterocycles. The van der Waals surface area contributed by atoms with Crippen molar-refractivity contribution in [3.05, 3.63) is 0 Å². The smallest absolute Gasteiger partial charge is 0.138 e. The number of ketones is 1. The molecule has 2 rings (SSSR count). The molecule has 0 bridgehead atoms. The van der Waals surface area contributed by atoms with Crippen LogP contribution in [0.25, 0.3) is 0 Å². The number of hydrogen-bond acceptors (Lipinski definition) is 2. The summed E-state index contributed by atoms with van der Waals surface area (Å²) in [6, 6.07) is 0. The molecule has 2 fully saturated rings. The number of hydrogen-bond donors (Lipinski definition) is 0. The standard InChI is InChI=1S/C14H25NO/c1-11-4-3-5-13(8-11)10-15-7-6-14(16)12(2)9-15/h11-13H,3-10H2,1-2H3. The Kier molecular flexibility index (Phi) is 4.01. The van der Waals surface area contributed by atoms with Gasteiger partial charge in [-0.1, -0.05) is 26.7 Å². The summed E-state index contributed by atoms with van der Waals surface area (Å²) in [7, 11) is 0. The minimum absolute atomic E-state index is 0.273. The monoisotopic (exact) mass is 223 g/mol. The first-order chi connectivity index (χ1) is 7.65. The minimum atomic E-state index is 0.273. The van der Waals surface area contributed by atoms with Crippen LogP contribution in [0.5, 0.6) is 0 Å². The third-order valence-electron chi connectivity index (χ3n) is 4.32. The molecule has 0 amide bonds. The Morgan fingerprint density at radius 2 is 2.12 bits per heavy atom. The summed E-state index contributed by atoms with van der Waals surface area (Å²) in [5.41, 5.74) is 0. The molecular formula is C14H25NO. The average molecular weight is 223 g/mol. The molecule has 0 aromatic rings. The maximum absolute atomic E-state index is 11.5. The van der Waals surface area contributed by atoms with Crippen molar-refractivity contribution in [3.8, 4) is 0 Å². The molecule has 2 heteroatoms. The van der Waals surface area contributed by atoms with Gasteiger partial charge in [0.25, 0.3) is 0 Å². The fourth-order valence-corrected chi connectivity index (χ4v) is 3.35. The summed E-state index contributed by atoms with van der Waals surface area (Å²) < 4.78 is 0. The zero-order valence-electron chi connectivity index (χ0n) is 10.7. The van der Waals surface area contributed by atoms with Gasteiger partial charge >= 0.3 is 0 Å². The molecule has 0 aromatic carbocycles. The lowest BCUT2D eigenvalue weighted by Crippen LogP contribution is -2.42. The van der Waals surface area contributed by atoms with E-state index in [4.69, 9.17) is 0 Å². The second kappa shape index (κ2) is 5.31. The first-order valence-electron chi connectivity index (χ1n) is 6.90. The van der Waals surface area contributed by atoms with Crippen molar-refractivity contribution in [2.75, 3.05) is 19.6 Å². The highest BCUT2D eigenvalue weighted by molar-refractivity contribution is 5.81. The van der Waals surface area contributed by atoms with E-state index in [1.54, 1.807) is 0 Å². The summed E-state index contributed by atoms with van der Waals surface area (Å²) >= 11 is 0. The fourth-order valence-electron chi connectivity index (χ4n) is 3.35. The molecule has 1 aliphatic carbocycles. The molecule has 1 saturated carbocycles. The Hall–Kier alpha value is -0.370. The van der Waals surface area contributed by atoms with E-state index in [2.05, 4.69) is 18.7 Å². The van der Waals surface area contributed by atoms with Gasteiger partial charge in [-0.15, -0.1) is 0 Å². The second-order valence-corrected chi connectivity index (χ2v) is 6.01. The van der Waals surface area contributed by atoms with E-state index in [0.29, 0.717) is 5.78 Å². The van der Waals surface area contributed by atoms with E-state index >= 15 is 0 Å². The van der Waals surface area contributed by atoms with Crippen molar-refractivity contribution in [1.29, 1.82) is 0 Å². The minimum Gasteiger partial charge on any atom is -0.302 e. The molecule has 2 aliphatic rings. The number of Topliss-reactive ketones (excluding diaryl/α,β-unsaturated/α-hetero) is 1. The lowest BCUT2D eigenvalue weighted by atomic mass is 9.82. The molecule has 1 aliphatic heterocycles.